The second-order valence-electron chi connectivity index (χ2n) is 4.88. The van der Waals surface area contributed by atoms with Gasteiger partial charge in [-0.2, -0.15) is 0 Å². The van der Waals surface area contributed by atoms with E-state index in [1.54, 1.807) is 18.2 Å². The fourth-order valence-electron chi connectivity index (χ4n) is 2.41. The molecule has 0 aliphatic rings. The normalized spacial score (nSPS) is 12.2. The van der Waals surface area contributed by atoms with Crippen LogP contribution in [0.5, 0.6) is 17.2 Å². The molecule has 120 valence electrons. The Kier molecular flexibility index (Phi) is 4.08. The third-order valence-electron chi connectivity index (χ3n) is 3.55. The van der Waals surface area contributed by atoms with Gasteiger partial charge in [0.25, 0.3) is 0 Å². The molecule has 1 atom stereocenters. The summed E-state index contributed by atoms with van der Waals surface area (Å²) >= 11 is 0. The van der Waals surface area contributed by atoms with E-state index in [0.29, 0.717) is 33.9 Å². The Morgan fingerprint density at radius 2 is 1.65 bits per heavy atom. The monoisotopic (exact) mass is 315 g/mol. The van der Waals surface area contributed by atoms with E-state index in [1.807, 2.05) is 18.2 Å². The molecule has 0 bridgehead atoms. The molecular weight excluding hydrogens is 298 g/mol. The molecule has 2 aromatic carbocycles. The maximum Gasteiger partial charge on any atom is 0.229 e. The molecule has 1 N–H and O–H groups in total. The number of aliphatic hydroxyl groups excluding tert-OH is 1. The van der Waals surface area contributed by atoms with Crippen molar-refractivity contribution in [1.82, 2.24) is 4.98 Å². The van der Waals surface area contributed by atoms with Crippen molar-refractivity contribution in [3.05, 3.63) is 47.9 Å². The van der Waals surface area contributed by atoms with Crippen LogP contribution in [0.2, 0.25) is 0 Å². The van der Waals surface area contributed by atoms with Gasteiger partial charge in [-0.25, -0.2) is 4.98 Å². The molecule has 0 fully saturated rings. The molecule has 0 spiro atoms. The lowest BCUT2D eigenvalue weighted by Crippen LogP contribution is -2.03. The fraction of sp³-hybridized carbons (Fsp3) is 0.235. The number of hydrogen-bond donors (Lipinski definition) is 1. The van der Waals surface area contributed by atoms with Crippen LogP contribution in [-0.2, 0) is 0 Å². The SMILES string of the molecule is COc1cc(C(O)c2nc3ccccc3o2)cc(OC)c1OC. The molecule has 0 saturated carbocycles. The number of aromatic nitrogens is 1. The van der Waals surface area contributed by atoms with Gasteiger partial charge in [-0.15, -0.1) is 0 Å². The van der Waals surface area contributed by atoms with E-state index in [1.165, 1.54) is 21.3 Å². The van der Waals surface area contributed by atoms with Crippen LogP contribution in [0.15, 0.2) is 40.8 Å². The van der Waals surface area contributed by atoms with Crippen LogP contribution in [0.3, 0.4) is 0 Å². The molecule has 6 heteroatoms. The fourth-order valence-corrected chi connectivity index (χ4v) is 2.41. The van der Waals surface area contributed by atoms with Crippen molar-refractivity contribution in [3.63, 3.8) is 0 Å². The van der Waals surface area contributed by atoms with Gasteiger partial charge in [0, 0.05) is 0 Å². The van der Waals surface area contributed by atoms with Gasteiger partial charge in [-0.1, -0.05) is 12.1 Å². The lowest BCUT2D eigenvalue weighted by Gasteiger charge is -2.15. The van der Waals surface area contributed by atoms with Crippen LogP contribution in [0.25, 0.3) is 11.1 Å². The van der Waals surface area contributed by atoms with Crippen molar-refractivity contribution in [2.45, 2.75) is 6.10 Å². The van der Waals surface area contributed by atoms with E-state index in [9.17, 15) is 5.11 Å². The van der Waals surface area contributed by atoms with Gasteiger partial charge >= 0.3 is 0 Å². The zero-order chi connectivity index (χ0) is 16.4. The summed E-state index contributed by atoms with van der Waals surface area (Å²) in [5.41, 5.74) is 1.84. The second-order valence-corrected chi connectivity index (χ2v) is 4.88. The number of methoxy groups -OCH3 is 3. The Balaban J connectivity index is 2.06. The first kappa shape index (κ1) is 15.2. The van der Waals surface area contributed by atoms with E-state index in [0.717, 1.165) is 0 Å². The third-order valence-corrected chi connectivity index (χ3v) is 3.55. The predicted molar refractivity (Wildman–Crippen MR) is 84.2 cm³/mol. The number of aliphatic hydroxyl groups is 1. The number of para-hydroxylation sites is 2. The molecule has 1 aromatic heterocycles. The molecule has 23 heavy (non-hydrogen) atoms. The van der Waals surface area contributed by atoms with Crippen LogP contribution in [0, 0.1) is 0 Å². The third kappa shape index (κ3) is 2.68. The lowest BCUT2D eigenvalue weighted by atomic mass is 10.1. The first-order valence-corrected chi connectivity index (χ1v) is 7.01. The van der Waals surface area contributed by atoms with Crippen LogP contribution in [-0.4, -0.2) is 31.4 Å². The van der Waals surface area contributed by atoms with Crippen LogP contribution in [0.4, 0.5) is 0 Å². The standard InChI is InChI=1S/C17H17NO5/c1-20-13-8-10(9-14(21-2)16(13)22-3)15(19)17-18-11-6-4-5-7-12(11)23-17/h4-9,15,19H,1-3H3. The summed E-state index contributed by atoms with van der Waals surface area (Å²) in [7, 11) is 4.57. The van der Waals surface area contributed by atoms with Crippen molar-refractivity contribution in [2.24, 2.45) is 0 Å². The van der Waals surface area contributed by atoms with Crippen molar-refractivity contribution >= 4 is 11.1 Å². The van der Waals surface area contributed by atoms with Gasteiger partial charge in [0.15, 0.2) is 23.2 Å². The molecule has 3 rings (SSSR count). The maximum absolute atomic E-state index is 10.6. The summed E-state index contributed by atoms with van der Waals surface area (Å²) in [6, 6.07) is 10.7. The topological polar surface area (TPSA) is 74.0 Å². The average Bonchev–Trinajstić information content (AvgIpc) is 3.03. The van der Waals surface area contributed by atoms with Crippen LogP contribution < -0.4 is 14.2 Å². The Morgan fingerprint density at radius 1 is 1.00 bits per heavy atom. The Bertz CT molecular complexity index is 769. The first-order chi connectivity index (χ1) is 11.2. The zero-order valence-electron chi connectivity index (χ0n) is 13.1. The number of hydrogen-bond acceptors (Lipinski definition) is 6. The van der Waals surface area contributed by atoms with Crippen LogP contribution >= 0.6 is 0 Å². The minimum atomic E-state index is -1.05. The molecule has 0 amide bonds. The van der Waals surface area contributed by atoms with Gasteiger partial charge in [0.05, 0.1) is 21.3 Å². The molecule has 6 nitrogen and oxygen atoms in total. The molecule has 0 saturated heterocycles. The summed E-state index contributed by atoms with van der Waals surface area (Å²) in [6.45, 7) is 0. The van der Waals surface area contributed by atoms with Crippen LogP contribution in [0.1, 0.15) is 17.6 Å². The molecule has 1 unspecified atom stereocenters. The Morgan fingerprint density at radius 3 is 2.22 bits per heavy atom. The van der Waals surface area contributed by atoms with Crippen molar-refractivity contribution < 1.29 is 23.7 Å². The van der Waals surface area contributed by atoms with Gasteiger partial charge < -0.3 is 23.7 Å². The molecular formula is C17H17NO5. The summed E-state index contributed by atoms with van der Waals surface area (Å²) in [5.74, 6) is 1.58. The molecule has 0 aliphatic heterocycles. The van der Waals surface area contributed by atoms with E-state index in [2.05, 4.69) is 4.98 Å². The van der Waals surface area contributed by atoms with E-state index >= 15 is 0 Å². The Labute approximate surface area is 133 Å². The lowest BCUT2D eigenvalue weighted by molar-refractivity contribution is 0.184. The average molecular weight is 315 g/mol. The minimum absolute atomic E-state index is 0.209. The summed E-state index contributed by atoms with van der Waals surface area (Å²) in [6.07, 6.45) is -1.05. The number of fused-ring (bicyclic) bond motifs is 1. The van der Waals surface area contributed by atoms with Crippen molar-refractivity contribution in [2.75, 3.05) is 21.3 Å². The number of ether oxygens (including phenoxy) is 3. The highest BCUT2D eigenvalue weighted by atomic mass is 16.5. The summed E-state index contributed by atoms with van der Waals surface area (Å²) in [4.78, 5) is 4.31. The molecule has 0 radical (unpaired) electrons. The maximum atomic E-state index is 10.6. The van der Waals surface area contributed by atoms with E-state index < -0.39 is 6.10 Å². The van der Waals surface area contributed by atoms with Gasteiger partial charge in [0.2, 0.25) is 11.6 Å². The Hall–Kier alpha value is -2.73. The van der Waals surface area contributed by atoms with E-state index in [4.69, 9.17) is 18.6 Å². The zero-order valence-corrected chi connectivity index (χ0v) is 13.1. The highest BCUT2D eigenvalue weighted by Gasteiger charge is 2.22. The number of nitrogens with zero attached hydrogens (tertiary/aromatic N) is 1. The highest BCUT2D eigenvalue weighted by molar-refractivity contribution is 5.72. The molecule has 3 aromatic rings. The van der Waals surface area contributed by atoms with Crippen molar-refractivity contribution in [1.29, 1.82) is 0 Å². The minimum Gasteiger partial charge on any atom is -0.493 e. The number of rotatable bonds is 5. The van der Waals surface area contributed by atoms with Gasteiger partial charge in [0.1, 0.15) is 5.52 Å². The quantitative estimate of drug-likeness (QED) is 0.780. The number of oxazole rings is 1. The highest BCUT2D eigenvalue weighted by Crippen LogP contribution is 2.40. The van der Waals surface area contributed by atoms with Gasteiger partial charge in [-0.05, 0) is 29.8 Å². The molecule has 0 aliphatic carbocycles. The second kappa shape index (κ2) is 6.18. The predicted octanol–water partition coefficient (Wildman–Crippen LogP) is 2.94. The summed E-state index contributed by atoms with van der Waals surface area (Å²) in [5, 5.41) is 10.6. The van der Waals surface area contributed by atoms with Gasteiger partial charge in [-0.3, -0.25) is 0 Å². The summed E-state index contributed by atoms with van der Waals surface area (Å²) < 4.78 is 21.5. The first-order valence-electron chi connectivity index (χ1n) is 7.01. The smallest absolute Gasteiger partial charge is 0.229 e. The largest absolute Gasteiger partial charge is 0.493 e. The number of benzene rings is 2. The van der Waals surface area contributed by atoms with Crippen molar-refractivity contribution in [3.8, 4) is 17.2 Å². The van der Waals surface area contributed by atoms with E-state index in [-0.39, 0.29) is 5.89 Å². The molecule has 1 heterocycles.